The molecule has 4 bridgehead atoms. The van der Waals surface area contributed by atoms with Gasteiger partial charge in [0.25, 0.3) is 0 Å². The third kappa shape index (κ3) is 5.53. The molecule has 2 atom stereocenters. The van der Waals surface area contributed by atoms with Gasteiger partial charge in [0.05, 0.1) is 11.5 Å². The standard InChI is InChI=1S/C58H50N2/c1-7-53(40-22-20-36-14-8-10-16-38(36)30-40)59-55(42-23-21-37-15-9-11-17-39(37)31-42)60-54-35-57(5,6)44-26-29-48-47-28-25-43(56(2,3)4)33-51(47)58(52(48)34-44)49-19-13-12-18-45(49)46-27-24-41(54)32-50(46)58/h8-34,54H,7,35H2,1-6H3. The first-order valence-corrected chi connectivity index (χ1v) is 21.7. The van der Waals surface area contributed by atoms with Crippen LogP contribution in [0, 0.1) is 0 Å². The molecule has 3 aliphatic rings. The molecule has 2 nitrogen and oxygen atoms in total. The number of hydrogen-bond acceptors (Lipinski definition) is 1. The normalized spacial score (nSPS) is 18.7. The lowest BCUT2D eigenvalue weighted by Gasteiger charge is -2.36. The molecule has 3 aliphatic carbocycles. The van der Waals surface area contributed by atoms with Crippen molar-refractivity contribution >= 4 is 33.1 Å². The van der Waals surface area contributed by atoms with Crippen LogP contribution in [-0.4, -0.2) is 11.5 Å². The summed E-state index contributed by atoms with van der Waals surface area (Å²) in [5.74, 6) is 0.777. The van der Waals surface area contributed by atoms with Crippen molar-refractivity contribution in [2.24, 2.45) is 9.98 Å². The first-order chi connectivity index (χ1) is 29.0. The maximum absolute atomic E-state index is 5.88. The van der Waals surface area contributed by atoms with Gasteiger partial charge in [-0.05, 0) is 124 Å². The van der Waals surface area contributed by atoms with Gasteiger partial charge in [0.2, 0.25) is 0 Å². The highest BCUT2D eigenvalue weighted by atomic mass is 14.9. The molecular weight excluding hydrogens is 725 g/mol. The van der Waals surface area contributed by atoms with Crippen LogP contribution < -0.4 is 0 Å². The summed E-state index contributed by atoms with van der Waals surface area (Å²) in [5.41, 5.74) is 17.4. The Balaban J connectivity index is 1.17. The van der Waals surface area contributed by atoms with Crippen molar-refractivity contribution < 1.29 is 0 Å². The molecule has 0 aromatic heterocycles. The minimum Gasteiger partial charge on any atom is -0.258 e. The Morgan fingerprint density at radius 1 is 0.550 bits per heavy atom. The van der Waals surface area contributed by atoms with E-state index in [2.05, 4.69) is 205 Å². The van der Waals surface area contributed by atoms with Crippen LogP contribution in [0.3, 0.4) is 0 Å². The van der Waals surface area contributed by atoms with E-state index in [0.29, 0.717) is 0 Å². The van der Waals surface area contributed by atoms with Crippen molar-refractivity contribution in [2.45, 2.75) is 76.7 Å². The van der Waals surface area contributed by atoms with E-state index in [0.717, 1.165) is 35.5 Å². The predicted octanol–water partition coefficient (Wildman–Crippen LogP) is 14.7. The van der Waals surface area contributed by atoms with E-state index in [1.54, 1.807) is 0 Å². The number of hydrogen-bond donors (Lipinski definition) is 0. The highest BCUT2D eigenvalue weighted by molar-refractivity contribution is 6.14. The zero-order chi connectivity index (χ0) is 41.0. The number of amidine groups is 1. The van der Waals surface area contributed by atoms with Gasteiger partial charge in [0.15, 0.2) is 5.84 Å². The monoisotopic (exact) mass is 774 g/mol. The summed E-state index contributed by atoms with van der Waals surface area (Å²) in [7, 11) is 0. The molecule has 60 heavy (non-hydrogen) atoms. The van der Waals surface area contributed by atoms with Gasteiger partial charge in [-0.15, -0.1) is 0 Å². The number of aliphatic imine (C=N–C) groups is 2. The van der Waals surface area contributed by atoms with Crippen LogP contribution in [0.25, 0.3) is 43.8 Å². The Kier molecular flexibility index (Phi) is 8.14. The lowest BCUT2D eigenvalue weighted by atomic mass is 9.67. The molecule has 292 valence electrons. The molecule has 1 spiro atoms. The Hall–Kier alpha value is -6.38. The van der Waals surface area contributed by atoms with Gasteiger partial charge in [-0.3, -0.25) is 4.99 Å². The summed E-state index contributed by atoms with van der Waals surface area (Å²) in [5, 5.41) is 4.85. The molecule has 8 aromatic carbocycles. The molecule has 2 unspecified atom stereocenters. The van der Waals surface area contributed by atoms with Gasteiger partial charge in [0, 0.05) is 11.3 Å². The summed E-state index contributed by atoms with van der Waals surface area (Å²) in [6.07, 6.45) is 1.61. The second-order valence-corrected chi connectivity index (χ2v) is 19.0. The summed E-state index contributed by atoms with van der Waals surface area (Å²) in [6, 6.07) is 61.6. The smallest absolute Gasteiger partial charge is 0.155 e. The van der Waals surface area contributed by atoms with Crippen molar-refractivity contribution in [1.82, 2.24) is 0 Å². The molecule has 0 saturated heterocycles. The Bertz CT molecular complexity index is 3120. The number of nitrogens with zero attached hydrogens (tertiary/aromatic N) is 2. The number of rotatable bonds is 4. The summed E-state index contributed by atoms with van der Waals surface area (Å²) < 4.78 is 0. The van der Waals surface area contributed by atoms with E-state index >= 15 is 0 Å². The highest BCUT2D eigenvalue weighted by Gasteiger charge is 2.53. The molecule has 0 fully saturated rings. The molecular formula is C58H50N2. The molecule has 0 aliphatic heterocycles. The summed E-state index contributed by atoms with van der Waals surface area (Å²) >= 11 is 0. The third-order valence-corrected chi connectivity index (χ3v) is 13.9. The van der Waals surface area contributed by atoms with Crippen LogP contribution in [0.1, 0.15) is 110 Å². The first-order valence-electron chi connectivity index (χ1n) is 21.7. The molecule has 0 N–H and O–H groups in total. The second kappa shape index (κ2) is 13.3. The van der Waals surface area contributed by atoms with Gasteiger partial charge in [0.1, 0.15) is 0 Å². The van der Waals surface area contributed by atoms with Crippen molar-refractivity contribution in [2.75, 3.05) is 0 Å². The lowest BCUT2D eigenvalue weighted by Crippen LogP contribution is -2.29. The number of fused-ring (bicyclic) bond motifs is 8. The van der Waals surface area contributed by atoms with Gasteiger partial charge >= 0.3 is 0 Å². The molecule has 0 heterocycles. The zero-order valence-corrected chi connectivity index (χ0v) is 35.5. The van der Waals surface area contributed by atoms with Crippen LogP contribution in [0.2, 0.25) is 0 Å². The topological polar surface area (TPSA) is 24.7 Å². The van der Waals surface area contributed by atoms with E-state index < -0.39 is 5.41 Å². The van der Waals surface area contributed by atoms with Gasteiger partial charge in [-0.2, -0.15) is 0 Å². The van der Waals surface area contributed by atoms with Crippen molar-refractivity contribution in [3.8, 4) is 22.3 Å². The second-order valence-electron chi connectivity index (χ2n) is 19.0. The molecule has 11 rings (SSSR count). The Labute approximate surface area is 354 Å². The minimum atomic E-state index is -0.434. The van der Waals surface area contributed by atoms with E-state index in [9.17, 15) is 0 Å². The van der Waals surface area contributed by atoms with Gasteiger partial charge < -0.3 is 0 Å². The Morgan fingerprint density at radius 3 is 1.82 bits per heavy atom. The van der Waals surface area contributed by atoms with Gasteiger partial charge in [-0.1, -0.05) is 193 Å². The van der Waals surface area contributed by atoms with E-state index in [-0.39, 0.29) is 16.9 Å². The quantitative estimate of drug-likeness (QED) is 0.126. The largest absolute Gasteiger partial charge is 0.258 e. The van der Waals surface area contributed by atoms with E-state index in [4.69, 9.17) is 9.98 Å². The van der Waals surface area contributed by atoms with Crippen molar-refractivity contribution in [1.29, 1.82) is 0 Å². The van der Waals surface area contributed by atoms with Crippen LogP contribution >= 0.6 is 0 Å². The molecule has 0 radical (unpaired) electrons. The molecule has 0 amide bonds. The van der Waals surface area contributed by atoms with Crippen LogP contribution in [-0.2, 0) is 16.2 Å². The first kappa shape index (κ1) is 36.7. The van der Waals surface area contributed by atoms with Crippen molar-refractivity contribution in [3.63, 3.8) is 0 Å². The average molecular weight is 775 g/mol. The molecule has 8 aromatic rings. The minimum absolute atomic E-state index is 0.00999. The molecule has 2 heteroatoms. The molecule has 0 saturated carbocycles. The fourth-order valence-electron chi connectivity index (χ4n) is 10.6. The predicted molar refractivity (Wildman–Crippen MR) is 253 cm³/mol. The maximum Gasteiger partial charge on any atom is 0.155 e. The summed E-state index contributed by atoms with van der Waals surface area (Å²) in [4.78, 5) is 11.5. The van der Waals surface area contributed by atoms with E-state index in [1.165, 1.54) is 82.7 Å². The fraction of sp³-hybridized carbons (Fsp3) is 0.207. The number of benzene rings is 8. The Morgan fingerprint density at radius 2 is 1.12 bits per heavy atom. The van der Waals surface area contributed by atoms with Crippen LogP contribution in [0.15, 0.2) is 174 Å². The third-order valence-electron chi connectivity index (χ3n) is 13.9. The maximum atomic E-state index is 5.88. The van der Waals surface area contributed by atoms with Crippen LogP contribution in [0.4, 0.5) is 0 Å². The summed E-state index contributed by atoms with van der Waals surface area (Å²) in [6.45, 7) is 14.0. The van der Waals surface area contributed by atoms with Gasteiger partial charge in [-0.25, -0.2) is 4.99 Å². The fourth-order valence-corrected chi connectivity index (χ4v) is 10.6. The van der Waals surface area contributed by atoms with Crippen molar-refractivity contribution in [3.05, 3.63) is 214 Å². The van der Waals surface area contributed by atoms with E-state index in [1.807, 2.05) is 0 Å². The SMILES string of the molecule is CCC(=NC(=NC1CC(C)(C)c2ccc3c(c2)C2(c4ccccc4-c4ccc1cc42)c1cc(C(C)(C)C)ccc1-3)c1ccc2ccccc2c1)c1ccc2ccccc2c1. The van der Waals surface area contributed by atoms with Crippen LogP contribution in [0.5, 0.6) is 0 Å². The highest BCUT2D eigenvalue weighted by Crippen LogP contribution is 2.64. The lowest BCUT2D eigenvalue weighted by molar-refractivity contribution is 0.429. The average Bonchev–Trinajstić information content (AvgIpc) is 3.73. The zero-order valence-electron chi connectivity index (χ0n) is 35.5.